The van der Waals surface area contributed by atoms with Crippen molar-refractivity contribution in [3.63, 3.8) is 0 Å². The number of fused-ring (bicyclic) bond motifs is 5. The summed E-state index contributed by atoms with van der Waals surface area (Å²) >= 11 is 0. The molecule has 39 heteroatoms. The zero-order chi connectivity index (χ0) is 83.2. The van der Waals surface area contributed by atoms with E-state index in [4.69, 9.17) is 42.8 Å². The van der Waals surface area contributed by atoms with E-state index in [1.54, 1.807) is 56.6 Å². The molecule has 0 aliphatic carbocycles. The molecule has 0 bridgehead atoms. The van der Waals surface area contributed by atoms with E-state index in [1.165, 1.54) is 31.1 Å². The zero-order valence-electron chi connectivity index (χ0n) is 65.0. The van der Waals surface area contributed by atoms with Gasteiger partial charge in [0.1, 0.15) is 48.7 Å². The van der Waals surface area contributed by atoms with Gasteiger partial charge in [-0.1, -0.05) is 67.9 Å². The fourth-order valence-corrected chi connectivity index (χ4v) is 13.1. The number of hydrogen-bond acceptors (Lipinski definition) is 28. The number of aliphatic carboxylic acids is 4. The number of Topliss-reactive ketones (excluding diaryl/α,β-unsaturated/α-hetero) is 3. The number of carbonyl (C=O) groups is 13. The summed E-state index contributed by atoms with van der Waals surface area (Å²) in [5, 5.41) is 51.9. The van der Waals surface area contributed by atoms with Gasteiger partial charge in [-0.25, -0.2) is 9.48 Å². The van der Waals surface area contributed by atoms with Crippen molar-refractivity contribution in [2.75, 3.05) is 138 Å². The number of carboxylic acids is 4. The number of para-hydroxylation sites is 1. The van der Waals surface area contributed by atoms with Crippen LogP contribution in [0.1, 0.15) is 129 Å². The summed E-state index contributed by atoms with van der Waals surface area (Å²) in [5.74, 6) is -12.0. The molecule has 0 saturated carbocycles. The van der Waals surface area contributed by atoms with E-state index >= 15 is 0 Å². The van der Waals surface area contributed by atoms with Gasteiger partial charge in [0.15, 0.2) is 0 Å². The second-order valence-electron chi connectivity index (χ2n) is 26.8. The second kappa shape index (κ2) is 56.3. The van der Waals surface area contributed by atoms with Crippen LogP contribution in [-0.2, 0) is 118 Å². The standard InChI is InChI=1S/C76H107N10O27P.CH4.Lu/c1-106-69(95)51-82-33-31-81(32-34-83(52-70(96)107-2)36-38-84(37-35-82)53-71(97)108-3)50-66(91)77-29-13-30-86-73-61-17-9-8-14-56(61)49-85(64-19-11-10-18-62(64)72(73)79-80-86)67(92)25-23-58(87)16-12-39-109-42-44-111-46-47-112-45-43-110-40-28-59(88)15-6-4-5-7-20-65(90)78-63(76(102)103)24-22-60(89)48-55(74(98)99)27-41-113-114(104,105)54-57(75(100)101)21-26-68(93)94;;/h8-11,14,17-19,31,33,35-38,55,57,63H,4-7,12-13,15-16,20-30,32,34,39-54H2,1-3H3,(H,77,91)(H,78,90)(H,93,94)(H,98,99)(H,100,101)(H,102,103)(H,104,105);1H4;/b33-31?,37-35-,38-36-;;/t55-,57?,63-;;/m1../s1. The summed E-state index contributed by atoms with van der Waals surface area (Å²) in [6.07, 6.45) is 9.73. The molecule has 2 unspecified atom stereocenters. The number of amides is 3. The van der Waals surface area contributed by atoms with Gasteiger partial charge in [-0.3, -0.25) is 62.1 Å². The Balaban J connectivity index is 0.0000174. The number of anilines is 1. The van der Waals surface area contributed by atoms with Gasteiger partial charge < -0.3 is 98.1 Å². The van der Waals surface area contributed by atoms with Crippen LogP contribution in [0.2, 0.25) is 0 Å². The number of carbonyl (C=O) groups excluding carboxylic acids is 9. The Morgan fingerprint density at radius 2 is 1.06 bits per heavy atom. The third-order valence-corrected chi connectivity index (χ3v) is 19.5. The van der Waals surface area contributed by atoms with Gasteiger partial charge in [0.05, 0.1) is 117 Å². The van der Waals surface area contributed by atoms with Gasteiger partial charge in [-0.15, -0.1) is 5.10 Å². The number of benzene rings is 2. The molecule has 2 aliphatic rings. The van der Waals surface area contributed by atoms with Crippen LogP contribution in [0.3, 0.4) is 0 Å². The third-order valence-electron chi connectivity index (χ3n) is 18.1. The molecule has 1 radical (unpaired) electrons. The van der Waals surface area contributed by atoms with Crippen molar-refractivity contribution in [2.45, 2.75) is 142 Å². The molecule has 7 N–H and O–H groups in total. The molecule has 1 aromatic heterocycles. The summed E-state index contributed by atoms with van der Waals surface area (Å²) < 4.78 is 56.1. The molecule has 2 aliphatic heterocycles. The van der Waals surface area contributed by atoms with Gasteiger partial charge in [0, 0.05) is 176 Å². The summed E-state index contributed by atoms with van der Waals surface area (Å²) in [5.41, 5.74) is 4.26. The fraction of sp³-hybridized carbons (Fsp3) is 0.571. The maximum Gasteiger partial charge on any atom is 0.328 e. The van der Waals surface area contributed by atoms with Crippen molar-refractivity contribution in [3.8, 4) is 22.5 Å². The minimum Gasteiger partial charge on any atom is -0.481 e. The van der Waals surface area contributed by atoms with Crippen LogP contribution in [0.5, 0.6) is 0 Å². The van der Waals surface area contributed by atoms with E-state index in [9.17, 15) is 87.1 Å². The third kappa shape index (κ3) is 39.7. The van der Waals surface area contributed by atoms with Crippen molar-refractivity contribution in [3.05, 3.63) is 91.3 Å². The molecule has 3 aromatic rings. The molecular formula is C77H111LuN10O27P. The molecule has 3 heterocycles. The average molecular weight is 1810 g/mol. The summed E-state index contributed by atoms with van der Waals surface area (Å²) in [6.45, 7) is 2.48. The number of unbranched alkanes of at least 4 members (excludes halogenated alkanes) is 3. The number of aryl methyl sites for hydroxylation is 1. The van der Waals surface area contributed by atoms with E-state index in [0.717, 1.165) is 16.8 Å². The number of aromatic nitrogens is 3. The zero-order valence-corrected chi connectivity index (χ0v) is 67.5. The van der Waals surface area contributed by atoms with Crippen LogP contribution in [0, 0.1) is 48.7 Å². The molecule has 651 valence electrons. The minimum atomic E-state index is -4.59. The Labute approximate surface area is 703 Å². The first-order valence-corrected chi connectivity index (χ1v) is 39.4. The van der Waals surface area contributed by atoms with E-state index < -0.39 is 124 Å². The average Bonchev–Trinajstić information content (AvgIpc) is 1.54. The van der Waals surface area contributed by atoms with E-state index in [1.807, 2.05) is 48.5 Å². The Bertz CT molecular complexity index is 3820. The number of rotatable bonds is 56. The van der Waals surface area contributed by atoms with Crippen molar-refractivity contribution >= 4 is 90.1 Å². The summed E-state index contributed by atoms with van der Waals surface area (Å²) in [7, 11) is -0.792. The Hall–Kier alpha value is -9.07. The number of hydrogen-bond donors (Lipinski definition) is 7. The Kier molecular flexibility index (Phi) is 49.1. The first-order valence-electron chi connectivity index (χ1n) is 37.6. The van der Waals surface area contributed by atoms with Crippen LogP contribution < -0.4 is 15.5 Å². The smallest absolute Gasteiger partial charge is 0.328 e. The first kappa shape index (κ1) is 101. The first-order chi connectivity index (χ1) is 54.7. The van der Waals surface area contributed by atoms with Crippen LogP contribution in [0.4, 0.5) is 5.69 Å². The summed E-state index contributed by atoms with van der Waals surface area (Å²) in [6, 6.07) is 13.7. The van der Waals surface area contributed by atoms with Crippen LogP contribution in [0.25, 0.3) is 22.5 Å². The van der Waals surface area contributed by atoms with Crippen LogP contribution in [0.15, 0.2) is 85.7 Å². The maximum absolute atomic E-state index is 14.2. The topological polar surface area (TPSA) is 485 Å². The fourth-order valence-electron chi connectivity index (χ4n) is 11.7. The molecule has 4 atom stereocenters. The number of ether oxygens (including phenoxy) is 7. The van der Waals surface area contributed by atoms with Crippen molar-refractivity contribution in [1.82, 2.24) is 45.2 Å². The van der Waals surface area contributed by atoms with Crippen molar-refractivity contribution in [1.29, 1.82) is 0 Å². The second-order valence-corrected chi connectivity index (χ2v) is 28.7. The number of esters is 3. The molecule has 2 aromatic carbocycles. The maximum atomic E-state index is 14.2. The number of nitrogens with zero attached hydrogens (tertiary/aromatic N) is 8. The van der Waals surface area contributed by atoms with Gasteiger partial charge in [0.25, 0.3) is 0 Å². The van der Waals surface area contributed by atoms with Gasteiger partial charge in [0.2, 0.25) is 17.7 Å². The van der Waals surface area contributed by atoms with Gasteiger partial charge in [-0.2, -0.15) is 0 Å². The Morgan fingerprint density at radius 1 is 0.517 bits per heavy atom. The van der Waals surface area contributed by atoms with Gasteiger partial charge >= 0.3 is 49.4 Å². The number of carboxylic acid groups (broad SMARTS) is 4. The predicted octanol–water partition coefficient (Wildman–Crippen LogP) is 5.42. The van der Waals surface area contributed by atoms with Crippen LogP contribution >= 0.6 is 7.60 Å². The molecule has 116 heavy (non-hydrogen) atoms. The van der Waals surface area contributed by atoms with Gasteiger partial charge in [-0.05, 0) is 56.6 Å². The molecule has 0 saturated heterocycles. The van der Waals surface area contributed by atoms with E-state index in [-0.39, 0.29) is 178 Å². The van der Waals surface area contributed by atoms with E-state index in [2.05, 4.69) is 20.9 Å². The molecular weight excluding hydrogens is 1700 g/mol. The predicted molar refractivity (Wildman–Crippen MR) is 413 cm³/mol. The Morgan fingerprint density at radius 3 is 1.66 bits per heavy atom. The number of methoxy groups -OCH3 is 3. The normalized spacial score (nSPS) is 14.4. The van der Waals surface area contributed by atoms with Crippen molar-refractivity contribution in [2.24, 2.45) is 11.8 Å². The molecule has 0 spiro atoms. The monoisotopic (exact) mass is 1810 g/mol. The molecule has 37 nitrogen and oxygen atoms in total. The SMILES string of the molecule is C.COC(=O)CN1C=CN(CC(=O)NCCCn2nnc3c2-c2ccccc2CN(C(=O)CCC(=O)CCCOCCOCCOCCOCCC(=O)CCCCCCC(=O)N[C@H](CCC(=O)C[C@@H](CCOP(=O)(O)CC(CCC(=O)O)C(=O)O)C(=O)O)C(=O)O)c2ccccc2-3)CCN(CC(=O)OC)/C=C\N(CC(=O)OC)/C=C\1.[Lu]. The molecule has 0 fully saturated rings. The molecule has 5 rings (SSSR count). The van der Waals surface area contributed by atoms with Crippen LogP contribution in [-0.4, -0.2) is 276 Å². The summed E-state index contributed by atoms with van der Waals surface area (Å²) in [4.78, 5) is 180. The van der Waals surface area contributed by atoms with E-state index in [0.29, 0.717) is 101 Å². The van der Waals surface area contributed by atoms with Crippen molar-refractivity contribution < 1.29 is 167 Å². The minimum absolute atomic E-state index is 0. The quantitative estimate of drug-likeness (QED) is 0.0160. The largest absolute Gasteiger partial charge is 0.481 e. The number of ketones is 3. The number of nitrogens with one attached hydrogen (secondary N) is 2. The molecule has 3 amide bonds.